The summed E-state index contributed by atoms with van der Waals surface area (Å²) in [7, 11) is 0. The lowest BCUT2D eigenvalue weighted by atomic mass is 10.1. The summed E-state index contributed by atoms with van der Waals surface area (Å²) in [5, 5.41) is 18.2. The van der Waals surface area contributed by atoms with Gasteiger partial charge in [-0.2, -0.15) is 5.26 Å². The number of benzene rings is 1. The summed E-state index contributed by atoms with van der Waals surface area (Å²) in [6.45, 7) is 0. The van der Waals surface area contributed by atoms with Crippen LogP contribution in [0.1, 0.15) is 21.5 Å². The number of pyridine rings is 1. The third-order valence-corrected chi connectivity index (χ3v) is 3.60. The minimum absolute atomic E-state index is 0.0254. The van der Waals surface area contributed by atoms with Gasteiger partial charge in [0.1, 0.15) is 16.9 Å². The molecule has 2 aromatic rings. The zero-order valence-electron chi connectivity index (χ0n) is 10.2. The molecular formula is C14H9FN2O2S. The summed E-state index contributed by atoms with van der Waals surface area (Å²) >= 11 is 1.23. The molecule has 1 heterocycles. The van der Waals surface area contributed by atoms with Gasteiger partial charge in [-0.1, -0.05) is 6.07 Å². The second-order valence-electron chi connectivity index (χ2n) is 3.88. The van der Waals surface area contributed by atoms with Crippen molar-refractivity contribution < 1.29 is 14.3 Å². The Kier molecular flexibility index (Phi) is 4.33. The number of thioether (sulfide) groups is 1. The normalized spacial score (nSPS) is 10.0. The first kappa shape index (κ1) is 14.0. The first-order valence-electron chi connectivity index (χ1n) is 5.61. The Hall–Kier alpha value is -2.39. The lowest BCUT2D eigenvalue weighted by Gasteiger charge is -2.05. The number of carbonyl (C=O) groups is 1. The van der Waals surface area contributed by atoms with Crippen LogP contribution in [-0.2, 0) is 5.75 Å². The molecule has 1 aromatic heterocycles. The van der Waals surface area contributed by atoms with Gasteiger partial charge in [-0.3, -0.25) is 0 Å². The molecule has 1 N–H and O–H groups in total. The molecule has 0 saturated carbocycles. The monoisotopic (exact) mass is 288 g/mol. The molecule has 4 nitrogen and oxygen atoms in total. The van der Waals surface area contributed by atoms with Crippen LogP contribution in [0.2, 0.25) is 0 Å². The van der Waals surface area contributed by atoms with E-state index in [0.717, 1.165) is 5.56 Å². The van der Waals surface area contributed by atoms with Crippen LogP contribution in [0.5, 0.6) is 0 Å². The largest absolute Gasteiger partial charge is 0.478 e. The number of hydrogen-bond acceptors (Lipinski definition) is 4. The molecular weight excluding hydrogens is 279 g/mol. The Morgan fingerprint density at radius 1 is 1.45 bits per heavy atom. The fourth-order valence-corrected chi connectivity index (χ4v) is 2.50. The Morgan fingerprint density at radius 2 is 2.25 bits per heavy atom. The molecule has 0 spiro atoms. The van der Waals surface area contributed by atoms with Crippen molar-refractivity contribution in [1.82, 2.24) is 4.98 Å². The molecule has 0 aliphatic rings. The van der Waals surface area contributed by atoms with Crippen molar-refractivity contribution >= 4 is 17.7 Å². The molecule has 2 rings (SSSR count). The topological polar surface area (TPSA) is 74.0 Å². The highest BCUT2D eigenvalue weighted by Crippen LogP contribution is 2.25. The number of nitriles is 1. The zero-order valence-corrected chi connectivity index (χ0v) is 11.0. The highest BCUT2D eigenvalue weighted by Gasteiger charge is 2.11. The maximum absolute atomic E-state index is 13.2. The average Bonchev–Trinajstić information content (AvgIpc) is 2.46. The van der Waals surface area contributed by atoms with Crippen molar-refractivity contribution in [2.75, 3.05) is 0 Å². The summed E-state index contributed by atoms with van der Waals surface area (Å²) in [6, 6.07) is 9.04. The summed E-state index contributed by atoms with van der Waals surface area (Å²) < 4.78 is 13.2. The van der Waals surface area contributed by atoms with Crippen LogP contribution in [0.15, 0.2) is 41.6 Å². The molecule has 0 atom stereocenters. The van der Waals surface area contributed by atoms with E-state index in [0.29, 0.717) is 10.8 Å². The predicted molar refractivity (Wildman–Crippen MR) is 71.9 cm³/mol. The van der Waals surface area contributed by atoms with Gasteiger partial charge in [0, 0.05) is 11.9 Å². The summed E-state index contributed by atoms with van der Waals surface area (Å²) in [5.74, 6) is -1.20. The van der Waals surface area contributed by atoms with Crippen LogP contribution in [-0.4, -0.2) is 16.1 Å². The number of carboxylic acid groups (broad SMARTS) is 1. The first-order chi connectivity index (χ1) is 9.61. The van der Waals surface area contributed by atoms with Gasteiger partial charge in [-0.25, -0.2) is 14.2 Å². The maximum Gasteiger partial charge on any atom is 0.338 e. The molecule has 0 aliphatic carbocycles. The van der Waals surface area contributed by atoms with Gasteiger partial charge in [0.05, 0.1) is 11.1 Å². The molecule has 6 heteroatoms. The van der Waals surface area contributed by atoms with Crippen LogP contribution in [0, 0.1) is 17.1 Å². The number of rotatable bonds is 4. The SMILES string of the molecule is N#Cc1cc(CSc2ncccc2C(=O)O)ccc1F. The van der Waals surface area contributed by atoms with Crippen molar-refractivity contribution in [3.63, 3.8) is 0 Å². The van der Waals surface area contributed by atoms with Gasteiger partial charge in [0.15, 0.2) is 0 Å². The number of aromatic nitrogens is 1. The van der Waals surface area contributed by atoms with Gasteiger partial charge in [-0.05, 0) is 29.8 Å². The molecule has 20 heavy (non-hydrogen) atoms. The molecule has 0 unspecified atom stereocenters. The lowest BCUT2D eigenvalue weighted by molar-refractivity contribution is 0.0692. The molecule has 0 saturated heterocycles. The predicted octanol–water partition coefficient (Wildman–Crippen LogP) is 3.08. The third kappa shape index (κ3) is 3.13. The van der Waals surface area contributed by atoms with E-state index in [-0.39, 0.29) is 11.1 Å². The van der Waals surface area contributed by atoms with E-state index in [4.69, 9.17) is 10.4 Å². The van der Waals surface area contributed by atoms with E-state index >= 15 is 0 Å². The maximum atomic E-state index is 13.2. The smallest absolute Gasteiger partial charge is 0.338 e. The standard InChI is InChI=1S/C14H9FN2O2S/c15-12-4-3-9(6-10(12)7-16)8-20-13-11(14(18)19)2-1-5-17-13/h1-6H,8H2,(H,18,19). The van der Waals surface area contributed by atoms with Crippen LogP contribution in [0.25, 0.3) is 0 Å². The summed E-state index contributed by atoms with van der Waals surface area (Å²) in [4.78, 5) is 15.1. The molecule has 0 radical (unpaired) electrons. The Labute approximate surface area is 118 Å². The van der Waals surface area contributed by atoms with Gasteiger partial charge < -0.3 is 5.11 Å². The van der Waals surface area contributed by atoms with E-state index < -0.39 is 11.8 Å². The summed E-state index contributed by atoms with van der Waals surface area (Å²) in [5.41, 5.74) is 0.831. The third-order valence-electron chi connectivity index (χ3n) is 2.53. The minimum atomic E-state index is -1.04. The summed E-state index contributed by atoms with van der Waals surface area (Å²) in [6.07, 6.45) is 1.51. The van der Waals surface area contributed by atoms with E-state index in [1.165, 1.54) is 36.2 Å². The van der Waals surface area contributed by atoms with Crippen molar-refractivity contribution in [3.05, 3.63) is 59.0 Å². The minimum Gasteiger partial charge on any atom is -0.478 e. The van der Waals surface area contributed by atoms with Gasteiger partial charge in [0.25, 0.3) is 0 Å². The van der Waals surface area contributed by atoms with Crippen molar-refractivity contribution in [2.24, 2.45) is 0 Å². The van der Waals surface area contributed by atoms with Gasteiger partial charge in [0.2, 0.25) is 0 Å². The van der Waals surface area contributed by atoms with E-state index in [2.05, 4.69) is 4.98 Å². The van der Waals surface area contributed by atoms with Gasteiger partial charge in [-0.15, -0.1) is 11.8 Å². The molecule has 1 aromatic carbocycles. The van der Waals surface area contributed by atoms with Crippen molar-refractivity contribution in [3.8, 4) is 6.07 Å². The molecule has 0 fully saturated rings. The second kappa shape index (κ2) is 6.17. The van der Waals surface area contributed by atoms with Gasteiger partial charge >= 0.3 is 5.97 Å². The van der Waals surface area contributed by atoms with Crippen molar-refractivity contribution in [2.45, 2.75) is 10.8 Å². The van der Waals surface area contributed by atoms with Crippen LogP contribution < -0.4 is 0 Å². The number of nitrogens with zero attached hydrogens (tertiary/aromatic N) is 2. The number of hydrogen-bond donors (Lipinski definition) is 1. The molecule has 0 aliphatic heterocycles. The fraction of sp³-hybridized carbons (Fsp3) is 0.0714. The Morgan fingerprint density at radius 3 is 2.95 bits per heavy atom. The second-order valence-corrected chi connectivity index (χ2v) is 4.84. The van der Waals surface area contributed by atoms with Crippen LogP contribution in [0.4, 0.5) is 4.39 Å². The fourth-order valence-electron chi connectivity index (χ4n) is 1.57. The Bertz CT molecular complexity index is 698. The Balaban J connectivity index is 2.17. The van der Waals surface area contributed by atoms with Crippen molar-refractivity contribution in [1.29, 1.82) is 5.26 Å². The molecule has 100 valence electrons. The van der Waals surface area contributed by atoms with Crippen LogP contribution in [0.3, 0.4) is 0 Å². The highest BCUT2D eigenvalue weighted by atomic mass is 32.2. The number of halogens is 1. The lowest BCUT2D eigenvalue weighted by Crippen LogP contribution is -2.00. The van der Waals surface area contributed by atoms with Crippen LogP contribution >= 0.6 is 11.8 Å². The quantitative estimate of drug-likeness (QED) is 0.875. The highest BCUT2D eigenvalue weighted by molar-refractivity contribution is 7.98. The zero-order chi connectivity index (χ0) is 14.5. The average molecular weight is 288 g/mol. The molecule has 0 amide bonds. The van der Waals surface area contributed by atoms with E-state index in [1.807, 2.05) is 0 Å². The number of carboxylic acids is 1. The first-order valence-corrected chi connectivity index (χ1v) is 6.60. The number of aromatic carboxylic acids is 1. The molecule has 0 bridgehead atoms. The van der Waals surface area contributed by atoms with E-state index in [1.54, 1.807) is 18.2 Å². The van der Waals surface area contributed by atoms with E-state index in [9.17, 15) is 9.18 Å².